The highest BCUT2D eigenvalue weighted by atomic mass is 35.5. The Morgan fingerprint density at radius 3 is 2.22 bits per heavy atom. The summed E-state index contributed by atoms with van der Waals surface area (Å²) in [6, 6.07) is 16.1. The number of amides is 1. The molecule has 1 heterocycles. The van der Waals surface area contributed by atoms with Crippen molar-refractivity contribution < 1.29 is 4.79 Å². The molecule has 1 aliphatic heterocycles. The van der Waals surface area contributed by atoms with Crippen LogP contribution >= 0.6 is 23.4 Å². The molecule has 2 aromatic carbocycles. The van der Waals surface area contributed by atoms with Crippen LogP contribution in [0.5, 0.6) is 0 Å². The Balaban J connectivity index is 1.91. The Morgan fingerprint density at radius 2 is 1.65 bits per heavy atom. The van der Waals surface area contributed by atoms with E-state index in [0.29, 0.717) is 10.8 Å². The zero-order valence-corrected chi connectivity index (χ0v) is 15.1. The average Bonchev–Trinajstić information content (AvgIpc) is 2.89. The van der Waals surface area contributed by atoms with Gasteiger partial charge in [0.15, 0.2) is 0 Å². The predicted molar refractivity (Wildman–Crippen MR) is 99.3 cm³/mol. The molecule has 0 aromatic heterocycles. The molecule has 0 bridgehead atoms. The second-order valence-electron chi connectivity index (χ2n) is 6.78. The Kier molecular flexibility index (Phi) is 4.43. The number of benzene rings is 2. The zero-order chi connectivity index (χ0) is 16.6. The number of carbonyl (C=O) groups is 1. The molecule has 1 atom stereocenters. The quantitative estimate of drug-likeness (QED) is 0.724. The van der Waals surface area contributed by atoms with Crippen molar-refractivity contribution in [1.29, 1.82) is 0 Å². The summed E-state index contributed by atoms with van der Waals surface area (Å²) in [6.07, 6.45) is 0. The largest absolute Gasteiger partial charge is 0.295 e. The highest BCUT2D eigenvalue weighted by Crippen LogP contribution is 2.42. The third kappa shape index (κ3) is 3.41. The monoisotopic (exact) mass is 345 g/mol. The number of hydrogen-bond donors (Lipinski definition) is 0. The minimum Gasteiger partial charge on any atom is -0.295 e. The van der Waals surface area contributed by atoms with Gasteiger partial charge in [-0.2, -0.15) is 0 Å². The standard InChI is InChI=1S/C19H20ClNOS/c1-19(2,3)14-6-4-13(5-7-14)18-21(17(22)12-23-18)16-10-8-15(20)9-11-16/h4-11,18H,12H2,1-3H3/t18-/m1/s1. The van der Waals surface area contributed by atoms with Gasteiger partial charge in [0, 0.05) is 10.7 Å². The lowest BCUT2D eigenvalue weighted by molar-refractivity contribution is -0.115. The first-order valence-corrected chi connectivity index (χ1v) is 9.08. The molecule has 23 heavy (non-hydrogen) atoms. The lowest BCUT2D eigenvalue weighted by Crippen LogP contribution is -2.27. The van der Waals surface area contributed by atoms with E-state index in [-0.39, 0.29) is 16.7 Å². The van der Waals surface area contributed by atoms with Crippen molar-refractivity contribution in [1.82, 2.24) is 0 Å². The van der Waals surface area contributed by atoms with Crippen LogP contribution < -0.4 is 4.90 Å². The molecule has 2 nitrogen and oxygen atoms in total. The Bertz CT molecular complexity index is 704. The lowest BCUT2D eigenvalue weighted by Gasteiger charge is -2.25. The Morgan fingerprint density at radius 1 is 1.04 bits per heavy atom. The van der Waals surface area contributed by atoms with E-state index in [9.17, 15) is 4.79 Å². The maximum absolute atomic E-state index is 12.3. The fraction of sp³-hybridized carbons (Fsp3) is 0.316. The number of carbonyl (C=O) groups excluding carboxylic acids is 1. The first-order valence-electron chi connectivity index (χ1n) is 7.66. The van der Waals surface area contributed by atoms with E-state index in [2.05, 4.69) is 45.0 Å². The highest BCUT2D eigenvalue weighted by molar-refractivity contribution is 8.00. The van der Waals surface area contributed by atoms with Crippen LogP contribution in [0.4, 0.5) is 5.69 Å². The molecule has 0 spiro atoms. The molecule has 1 amide bonds. The van der Waals surface area contributed by atoms with Gasteiger partial charge in [0.25, 0.3) is 0 Å². The molecule has 120 valence electrons. The van der Waals surface area contributed by atoms with Gasteiger partial charge in [-0.3, -0.25) is 9.69 Å². The molecular formula is C19H20ClNOS. The number of thioether (sulfide) groups is 1. The first-order chi connectivity index (χ1) is 10.9. The fourth-order valence-corrected chi connectivity index (χ4v) is 4.00. The predicted octanol–water partition coefficient (Wildman–Crippen LogP) is 5.42. The number of hydrogen-bond acceptors (Lipinski definition) is 2. The van der Waals surface area contributed by atoms with Crippen LogP contribution in [0.3, 0.4) is 0 Å². The van der Waals surface area contributed by atoms with E-state index in [1.54, 1.807) is 11.8 Å². The summed E-state index contributed by atoms with van der Waals surface area (Å²) in [5.74, 6) is 0.649. The molecule has 0 saturated carbocycles. The van der Waals surface area contributed by atoms with Crippen molar-refractivity contribution in [2.24, 2.45) is 0 Å². The van der Waals surface area contributed by atoms with Crippen molar-refractivity contribution in [3.63, 3.8) is 0 Å². The second kappa shape index (κ2) is 6.21. The minimum absolute atomic E-state index is 0.0256. The third-order valence-corrected chi connectivity index (χ3v) is 5.50. The third-order valence-electron chi connectivity index (χ3n) is 4.03. The number of nitrogens with zero attached hydrogens (tertiary/aromatic N) is 1. The summed E-state index contributed by atoms with van der Waals surface area (Å²) in [5.41, 5.74) is 3.49. The van der Waals surface area contributed by atoms with Gasteiger partial charge in [-0.1, -0.05) is 56.6 Å². The molecule has 1 saturated heterocycles. The van der Waals surface area contributed by atoms with E-state index in [1.165, 1.54) is 5.56 Å². The van der Waals surface area contributed by atoms with E-state index in [4.69, 9.17) is 11.6 Å². The van der Waals surface area contributed by atoms with Crippen LogP contribution in [0.15, 0.2) is 48.5 Å². The highest BCUT2D eigenvalue weighted by Gasteiger charge is 2.34. The Labute approximate surface area is 146 Å². The maximum atomic E-state index is 12.3. The molecule has 1 fully saturated rings. The van der Waals surface area contributed by atoms with Gasteiger partial charge in [-0.25, -0.2) is 0 Å². The normalized spacial score (nSPS) is 18.5. The van der Waals surface area contributed by atoms with Gasteiger partial charge in [0.2, 0.25) is 5.91 Å². The van der Waals surface area contributed by atoms with Crippen molar-refractivity contribution >= 4 is 35.0 Å². The molecule has 0 unspecified atom stereocenters. The van der Waals surface area contributed by atoms with Crippen LogP contribution in [0.1, 0.15) is 37.3 Å². The first kappa shape index (κ1) is 16.4. The van der Waals surface area contributed by atoms with E-state index >= 15 is 0 Å². The van der Waals surface area contributed by atoms with Crippen LogP contribution in [-0.2, 0) is 10.2 Å². The van der Waals surface area contributed by atoms with Crippen molar-refractivity contribution in [3.8, 4) is 0 Å². The summed E-state index contributed by atoms with van der Waals surface area (Å²) in [4.78, 5) is 14.2. The van der Waals surface area contributed by atoms with Gasteiger partial charge in [0.05, 0.1) is 5.75 Å². The van der Waals surface area contributed by atoms with Crippen molar-refractivity contribution in [2.45, 2.75) is 31.6 Å². The molecular weight excluding hydrogens is 326 g/mol. The molecule has 0 N–H and O–H groups in total. The minimum atomic E-state index is 0.0256. The maximum Gasteiger partial charge on any atom is 0.238 e. The summed E-state index contributed by atoms with van der Waals surface area (Å²) in [7, 11) is 0. The van der Waals surface area contributed by atoms with Crippen LogP contribution in [0.25, 0.3) is 0 Å². The average molecular weight is 346 g/mol. The van der Waals surface area contributed by atoms with Crippen LogP contribution in [0, 0.1) is 0 Å². The van der Waals surface area contributed by atoms with Crippen molar-refractivity contribution in [3.05, 3.63) is 64.7 Å². The number of anilines is 1. The van der Waals surface area contributed by atoms with E-state index < -0.39 is 0 Å². The summed E-state index contributed by atoms with van der Waals surface area (Å²) in [5, 5.41) is 0.705. The summed E-state index contributed by atoms with van der Waals surface area (Å²) >= 11 is 7.63. The molecule has 3 rings (SSSR count). The fourth-order valence-electron chi connectivity index (χ4n) is 2.70. The topological polar surface area (TPSA) is 20.3 Å². The van der Waals surface area contributed by atoms with Crippen LogP contribution in [-0.4, -0.2) is 11.7 Å². The number of rotatable bonds is 2. The van der Waals surface area contributed by atoms with Gasteiger partial charge < -0.3 is 0 Å². The smallest absolute Gasteiger partial charge is 0.238 e. The van der Waals surface area contributed by atoms with E-state index in [0.717, 1.165) is 11.3 Å². The van der Waals surface area contributed by atoms with Crippen LogP contribution in [0.2, 0.25) is 5.02 Å². The molecule has 4 heteroatoms. The molecule has 0 radical (unpaired) electrons. The second-order valence-corrected chi connectivity index (χ2v) is 8.28. The summed E-state index contributed by atoms with van der Waals surface area (Å²) < 4.78 is 0. The van der Waals surface area contributed by atoms with Gasteiger partial charge in [-0.05, 0) is 40.8 Å². The van der Waals surface area contributed by atoms with Gasteiger partial charge >= 0.3 is 0 Å². The lowest BCUT2D eigenvalue weighted by atomic mass is 9.86. The molecule has 2 aromatic rings. The molecule has 0 aliphatic carbocycles. The summed E-state index contributed by atoms with van der Waals surface area (Å²) in [6.45, 7) is 6.61. The van der Waals surface area contributed by atoms with E-state index in [1.807, 2.05) is 29.2 Å². The molecule has 1 aliphatic rings. The van der Waals surface area contributed by atoms with Gasteiger partial charge in [-0.15, -0.1) is 11.8 Å². The van der Waals surface area contributed by atoms with Gasteiger partial charge in [0.1, 0.15) is 5.37 Å². The SMILES string of the molecule is CC(C)(C)c1ccc([C@H]2SCC(=O)N2c2ccc(Cl)cc2)cc1. The van der Waals surface area contributed by atoms with Crippen molar-refractivity contribution in [2.75, 3.05) is 10.7 Å². The Hall–Kier alpha value is -1.45. The number of halogens is 1. The zero-order valence-electron chi connectivity index (χ0n) is 13.5.